The van der Waals surface area contributed by atoms with Crippen LogP contribution in [-0.4, -0.2) is 34.2 Å². The van der Waals surface area contributed by atoms with Gasteiger partial charge >= 0.3 is 5.97 Å². The fourth-order valence-electron chi connectivity index (χ4n) is 1.88. The summed E-state index contributed by atoms with van der Waals surface area (Å²) >= 11 is 3.29. The first-order valence-corrected chi connectivity index (χ1v) is 6.58. The van der Waals surface area contributed by atoms with Gasteiger partial charge in [0.2, 0.25) is 0 Å². The molecule has 2 unspecified atom stereocenters. The molecule has 0 saturated carbocycles. The van der Waals surface area contributed by atoms with Crippen molar-refractivity contribution in [1.29, 1.82) is 0 Å². The van der Waals surface area contributed by atoms with Gasteiger partial charge in [-0.1, -0.05) is 0 Å². The second-order valence-electron chi connectivity index (χ2n) is 4.34. The van der Waals surface area contributed by atoms with Gasteiger partial charge in [-0.25, -0.2) is 9.78 Å². The summed E-state index contributed by atoms with van der Waals surface area (Å²) in [5, 5.41) is 11.5. The molecular weight excluding hydrogens is 316 g/mol. The number of carboxylic acids is 1. The van der Waals surface area contributed by atoms with E-state index >= 15 is 0 Å². The first-order chi connectivity index (χ1) is 8.97. The van der Waals surface area contributed by atoms with Crippen molar-refractivity contribution in [2.75, 3.05) is 5.32 Å². The number of halogens is 1. The van der Waals surface area contributed by atoms with Gasteiger partial charge in [0.15, 0.2) is 6.10 Å². The normalized spacial score (nSPS) is 22.2. The zero-order valence-corrected chi connectivity index (χ0v) is 11.8. The van der Waals surface area contributed by atoms with Crippen LogP contribution >= 0.6 is 15.9 Å². The highest BCUT2D eigenvalue weighted by molar-refractivity contribution is 9.10. The predicted octanol–water partition coefficient (Wildman–Crippen LogP) is 1.72. The Morgan fingerprint density at radius 1 is 1.47 bits per heavy atom. The number of carboxylic acid groups (broad SMARTS) is 1. The highest BCUT2D eigenvalue weighted by atomic mass is 79.9. The molecule has 102 valence electrons. The molecule has 0 aromatic carbocycles. The van der Waals surface area contributed by atoms with E-state index in [-0.39, 0.29) is 5.91 Å². The van der Waals surface area contributed by atoms with Crippen molar-refractivity contribution in [3.8, 4) is 0 Å². The minimum absolute atomic E-state index is 0.347. The third kappa shape index (κ3) is 3.30. The molecule has 1 aliphatic heterocycles. The van der Waals surface area contributed by atoms with Crippen LogP contribution in [0.15, 0.2) is 16.7 Å². The Hall–Kier alpha value is -1.47. The average Bonchev–Trinajstić information content (AvgIpc) is 2.82. The van der Waals surface area contributed by atoms with Crippen LogP contribution in [-0.2, 0) is 14.3 Å². The van der Waals surface area contributed by atoms with Crippen LogP contribution in [0.5, 0.6) is 0 Å². The number of aliphatic carboxylic acids is 1. The average molecular weight is 329 g/mol. The SMILES string of the molecule is Cc1cc(Br)cnc1NC(=O)C1CCC(C(=O)O)O1. The smallest absolute Gasteiger partial charge is 0.332 e. The van der Waals surface area contributed by atoms with Gasteiger partial charge in [-0.3, -0.25) is 4.79 Å². The zero-order chi connectivity index (χ0) is 14.0. The second kappa shape index (κ2) is 5.66. The number of aromatic nitrogens is 1. The van der Waals surface area contributed by atoms with E-state index < -0.39 is 18.2 Å². The second-order valence-corrected chi connectivity index (χ2v) is 5.25. The van der Waals surface area contributed by atoms with Gasteiger partial charge in [-0.05, 0) is 47.3 Å². The summed E-state index contributed by atoms with van der Waals surface area (Å²) < 4.78 is 6.00. The van der Waals surface area contributed by atoms with E-state index in [4.69, 9.17) is 9.84 Å². The van der Waals surface area contributed by atoms with E-state index in [0.717, 1.165) is 10.0 Å². The number of amides is 1. The molecule has 0 aliphatic carbocycles. The fourth-order valence-corrected chi connectivity index (χ4v) is 2.33. The molecule has 1 aromatic heterocycles. The van der Waals surface area contributed by atoms with E-state index in [2.05, 4.69) is 26.2 Å². The maximum atomic E-state index is 11.9. The number of hydrogen-bond acceptors (Lipinski definition) is 4. The maximum Gasteiger partial charge on any atom is 0.332 e. The summed E-state index contributed by atoms with van der Waals surface area (Å²) in [7, 11) is 0. The molecule has 2 N–H and O–H groups in total. The van der Waals surface area contributed by atoms with Gasteiger partial charge in [0.25, 0.3) is 5.91 Å². The van der Waals surface area contributed by atoms with E-state index in [1.165, 1.54) is 0 Å². The Balaban J connectivity index is 2.00. The molecule has 2 atom stereocenters. The highest BCUT2D eigenvalue weighted by Gasteiger charge is 2.34. The number of aryl methyl sites for hydroxylation is 1. The van der Waals surface area contributed by atoms with E-state index in [9.17, 15) is 9.59 Å². The van der Waals surface area contributed by atoms with E-state index in [1.807, 2.05) is 13.0 Å². The maximum absolute atomic E-state index is 11.9. The molecule has 0 spiro atoms. The number of pyridine rings is 1. The minimum Gasteiger partial charge on any atom is -0.479 e. The Bertz CT molecular complexity index is 520. The van der Waals surface area contributed by atoms with Crippen LogP contribution in [0.25, 0.3) is 0 Å². The van der Waals surface area contributed by atoms with Crippen LogP contribution in [0.1, 0.15) is 18.4 Å². The lowest BCUT2D eigenvalue weighted by atomic mass is 10.2. The summed E-state index contributed by atoms with van der Waals surface area (Å²) in [6, 6.07) is 1.83. The minimum atomic E-state index is -1.03. The lowest BCUT2D eigenvalue weighted by Gasteiger charge is -2.12. The Morgan fingerprint density at radius 3 is 2.74 bits per heavy atom. The summed E-state index contributed by atoms with van der Waals surface area (Å²) in [5.41, 5.74) is 0.815. The topological polar surface area (TPSA) is 88.5 Å². The molecule has 0 radical (unpaired) electrons. The van der Waals surface area contributed by atoms with Crippen LogP contribution in [0.2, 0.25) is 0 Å². The van der Waals surface area contributed by atoms with Gasteiger partial charge in [0.1, 0.15) is 11.9 Å². The molecule has 1 amide bonds. The molecule has 1 saturated heterocycles. The van der Waals surface area contributed by atoms with Gasteiger partial charge in [-0.15, -0.1) is 0 Å². The third-order valence-electron chi connectivity index (χ3n) is 2.87. The number of carbonyl (C=O) groups is 2. The summed E-state index contributed by atoms with van der Waals surface area (Å²) in [5.74, 6) is -0.939. The lowest BCUT2D eigenvalue weighted by Crippen LogP contribution is -2.30. The summed E-state index contributed by atoms with van der Waals surface area (Å²) in [4.78, 5) is 26.8. The number of nitrogens with one attached hydrogen (secondary N) is 1. The van der Waals surface area contributed by atoms with Gasteiger partial charge in [0, 0.05) is 10.7 Å². The quantitative estimate of drug-likeness (QED) is 0.882. The first kappa shape index (κ1) is 14.0. The molecule has 2 heterocycles. The van der Waals surface area contributed by atoms with Crippen LogP contribution in [0.4, 0.5) is 5.82 Å². The van der Waals surface area contributed by atoms with Crippen molar-refractivity contribution >= 4 is 33.6 Å². The van der Waals surface area contributed by atoms with E-state index in [1.54, 1.807) is 6.20 Å². The molecule has 2 rings (SSSR count). The van der Waals surface area contributed by atoms with Gasteiger partial charge in [-0.2, -0.15) is 0 Å². The molecule has 1 aliphatic rings. The molecule has 6 nitrogen and oxygen atoms in total. The molecule has 7 heteroatoms. The fraction of sp³-hybridized carbons (Fsp3) is 0.417. The number of nitrogens with zero attached hydrogens (tertiary/aromatic N) is 1. The molecule has 19 heavy (non-hydrogen) atoms. The number of rotatable bonds is 3. The molecule has 1 fully saturated rings. The molecule has 0 bridgehead atoms. The molecule has 1 aromatic rings. The molecular formula is C12H13BrN2O4. The number of hydrogen-bond donors (Lipinski definition) is 2. The Labute approximate surface area is 118 Å². The highest BCUT2D eigenvalue weighted by Crippen LogP contribution is 2.22. The summed E-state index contributed by atoms with van der Waals surface area (Å²) in [6.07, 6.45) is 0.706. The van der Waals surface area contributed by atoms with Crippen molar-refractivity contribution in [3.63, 3.8) is 0 Å². The Morgan fingerprint density at radius 2 is 2.16 bits per heavy atom. The monoisotopic (exact) mass is 328 g/mol. The number of anilines is 1. The number of carbonyl (C=O) groups excluding carboxylic acids is 1. The Kier molecular flexibility index (Phi) is 4.16. The predicted molar refractivity (Wildman–Crippen MR) is 70.8 cm³/mol. The van der Waals surface area contributed by atoms with Crippen molar-refractivity contribution < 1.29 is 19.4 Å². The van der Waals surface area contributed by atoms with Crippen molar-refractivity contribution in [2.24, 2.45) is 0 Å². The van der Waals surface area contributed by atoms with Gasteiger partial charge < -0.3 is 15.2 Å². The van der Waals surface area contributed by atoms with Crippen LogP contribution in [0, 0.1) is 6.92 Å². The summed E-state index contributed by atoms with van der Waals surface area (Å²) in [6.45, 7) is 1.82. The van der Waals surface area contributed by atoms with Crippen LogP contribution < -0.4 is 5.32 Å². The lowest BCUT2D eigenvalue weighted by molar-refractivity contribution is -0.150. The van der Waals surface area contributed by atoms with Crippen molar-refractivity contribution in [3.05, 3.63) is 22.3 Å². The number of ether oxygens (including phenoxy) is 1. The first-order valence-electron chi connectivity index (χ1n) is 5.78. The largest absolute Gasteiger partial charge is 0.479 e. The van der Waals surface area contributed by atoms with Crippen molar-refractivity contribution in [2.45, 2.75) is 32.0 Å². The van der Waals surface area contributed by atoms with Crippen LogP contribution in [0.3, 0.4) is 0 Å². The standard InChI is InChI=1S/C12H13BrN2O4/c1-6-4-7(13)5-14-10(6)15-11(16)8-2-3-9(19-8)12(17)18/h4-5,8-9H,2-3H2,1H3,(H,17,18)(H,14,15,16). The zero-order valence-electron chi connectivity index (χ0n) is 10.2. The van der Waals surface area contributed by atoms with Gasteiger partial charge in [0.05, 0.1) is 0 Å². The van der Waals surface area contributed by atoms with Crippen molar-refractivity contribution in [1.82, 2.24) is 4.98 Å². The third-order valence-corrected chi connectivity index (χ3v) is 3.31. The van der Waals surface area contributed by atoms with E-state index in [0.29, 0.717) is 18.7 Å².